The molecular weight excluding hydrogens is 400 g/mol. The van der Waals surface area contributed by atoms with E-state index < -0.39 is 22.0 Å². The Bertz CT molecular complexity index is 1210. The molecule has 1 unspecified atom stereocenters. The minimum absolute atomic E-state index is 0.0737. The van der Waals surface area contributed by atoms with Crippen LogP contribution in [0.5, 0.6) is 0 Å². The van der Waals surface area contributed by atoms with Crippen molar-refractivity contribution in [3.63, 3.8) is 0 Å². The number of carbonyl (C=O) groups is 1. The molecular formula is C23H22N2O4S. The number of sulfonamides is 1. The molecule has 4 rings (SSSR count). The topological polar surface area (TPSA) is 86.7 Å². The van der Waals surface area contributed by atoms with Gasteiger partial charge in [-0.3, -0.25) is 9.10 Å². The van der Waals surface area contributed by atoms with Crippen LogP contribution in [-0.4, -0.2) is 26.0 Å². The maximum absolute atomic E-state index is 13.2. The van der Waals surface area contributed by atoms with Crippen LogP contribution in [0.1, 0.15) is 34.5 Å². The predicted molar refractivity (Wildman–Crippen MR) is 116 cm³/mol. The molecule has 0 aromatic heterocycles. The highest BCUT2D eigenvalue weighted by molar-refractivity contribution is 7.92. The minimum atomic E-state index is -3.78. The number of hydrogen-bond donors (Lipinski definition) is 2. The first-order chi connectivity index (χ1) is 14.4. The number of carbonyl (C=O) groups excluding carboxylic acids is 1. The number of anilines is 2. The first kappa shape index (κ1) is 20.1. The largest absolute Gasteiger partial charge is 0.389 e. The molecule has 1 atom stereocenters. The van der Waals surface area contributed by atoms with Crippen LogP contribution in [0.15, 0.2) is 77.7 Å². The number of rotatable bonds is 5. The quantitative estimate of drug-likeness (QED) is 0.656. The van der Waals surface area contributed by atoms with Gasteiger partial charge >= 0.3 is 0 Å². The number of aliphatic hydroxyl groups excluding tert-OH is 1. The lowest BCUT2D eigenvalue weighted by atomic mass is 10.1. The second-order valence-electron chi connectivity index (χ2n) is 7.24. The molecule has 3 aromatic carbocycles. The zero-order chi connectivity index (χ0) is 21.3. The van der Waals surface area contributed by atoms with Gasteiger partial charge in [0.15, 0.2) is 0 Å². The smallest absolute Gasteiger partial charge is 0.264 e. The van der Waals surface area contributed by atoms with Gasteiger partial charge < -0.3 is 10.4 Å². The molecule has 1 heterocycles. The molecule has 1 aliphatic rings. The van der Waals surface area contributed by atoms with E-state index in [1.807, 2.05) is 18.2 Å². The lowest BCUT2D eigenvalue weighted by Crippen LogP contribution is -2.29. The van der Waals surface area contributed by atoms with Gasteiger partial charge in [-0.2, -0.15) is 0 Å². The fraction of sp³-hybridized carbons (Fsp3) is 0.174. The number of nitrogens with zero attached hydrogens (tertiary/aromatic N) is 1. The minimum Gasteiger partial charge on any atom is -0.389 e. The van der Waals surface area contributed by atoms with Crippen molar-refractivity contribution in [2.45, 2.75) is 24.3 Å². The lowest BCUT2D eigenvalue weighted by molar-refractivity contribution is 0.102. The SMILES string of the molecule is CC(O)c1cccc(NC(=O)c2cccc(S(=O)(=O)N3CCc4ccccc43)c2)c1. The van der Waals surface area contributed by atoms with Gasteiger partial charge in [0.1, 0.15) is 0 Å². The number of nitrogens with one attached hydrogen (secondary N) is 1. The molecule has 154 valence electrons. The van der Waals surface area contributed by atoms with E-state index in [1.165, 1.54) is 16.4 Å². The molecule has 30 heavy (non-hydrogen) atoms. The van der Waals surface area contributed by atoms with Crippen molar-refractivity contribution in [2.24, 2.45) is 0 Å². The molecule has 0 radical (unpaired) electrons. The van der Waals surface area contributed by atoms with Crippen molar-refractivity contribution in [3.05, 3.63) is 89.5 Å². The molecule has 7 heteroatoms. The molecule has 0 aliphatic carbocycles. The van der Waals surface area contributed by atoms with Gasteiger partial charge in [-0.15, -0.1) is 0 Å². The molecule has 0 bridgehead atoms. The summed E-state index contributed by atoms with van der Waals surface area (Å²) >= 11 is 0. The number of hydrogen-bond acceptors (Lipinski definition) is 4. The highest BCUT2D eigenvalue weighted by Crippen LogP contribution is 2.32. The number of fused-ring (bicyclic) bond motifs is 1. The molecule has 0 fully saturated rings. The van der Waals surface area contributed by atoms with Gasteiger partial charge in [-0.25, -0.2) is 8.42 Å². The molecule has 1 aliphatic heterocycles. The molecule has 0 saturated carbocycles. The van der Waals surface area contributed by atoms with E-state index in [4.69, 9.17) is 0 Å². The number of aliphatic hydroxyl groups is 1. The Labute approximate surface area is 175 Å². The summed E-state index contributed by atoms with van der Waals surface area (Å²) in [5, 5.41) is 12.5. The first-order valence-corrected chi connectivity index (χ1v) is 11.1. The Kier molecular flexibility index (Phi) is 5.32. The van der Waals surface area contributed by atoms with Gasteiger partial charge in [0.2, 0.25) is 0 Å². The lowest BCUT2D eigenvalue weighted by Gasteiger charge is -2.20. The molecule has 0 spiro atoms. The summed E-state index contributed by atoms with van der Waals surface area (Å²) in [7, 11) is -3.78. The van der Waals surface area contributed by atoms with Crippen LogP contribution in [0.3, 0.4) is 0 Å². The van der Waals surface area contributed by atoms with Crippen LogP contribution in [0.4, 0.5) is 11.4 Å². The fourth-order valence-corrected chi connectivity index (χ4v) is 5.11. The van der Waals surface area contributed by atoms with Crippen LogP contribution in [0.25, 0.3) is 0 Å². The third-order valence-electron chi connectivity index (χ3n) is 5.16. The summed E-state index contributed by atoms with van der Waals surface area (Å²) in [5.41, 5.74) is 3.12. The second-order valence-corrected chi connectivity index (χ2v) is 9.10. The summed E-state index contributed by atoms with van der Waals surface area (Å²) < 4.78 is 27.8. The van der Waals surface area contributed by atoms with Gasteiger partial charge in [0, 0.05) is 17.8 Å². The highest BCUT2D eigenvalue weighted by atomic mass is 32.2. The summed E-state index contributed by atoms with van der Waals surface area (Å²) in [4.78, 5) is 12.8. The third-order valence-corrected chi connectivity index (χ3v) is 6.96. The van der Waals surface area contributed by atoms with Crippen molar-refractivity contribution >= 4 is 27.3 Å². The van der Waals surface area contributed by atoms with Gasteiger partial charge in [0.05, 0.1) is 16.7 Å². The Hall–Kier alpha value is -3.16. The van der Waals surface area contributed by atoms with E-state index in [0.29, 0.717) is 29.9 Å². The summed E-state index contributed by atoms with van der Waals surface area (Å²) in [5.74, 6) is -0.420. The van der Waals surface area contributed by atoms with Gasteiger partial charge in [-0.1, -0.05) is 36.4 Å². The van der Waals surface area contributed by atoms with Crippen molar-refractivity contribution in [3.8, 4) is 0 Å². The van der Waals surface area contributed by atoms with Gasteiger partial charge in [0.25, 0.3) is 15.9 Å². The van der Waals surface area contributed by atoms with Crippen molar-refractivity contribution < 1.29 is 18.3 Å². The van der Waals surface area contributed by atoms with Crippen LogP contribution >= 0.6 is 0 Å². The highest BCUT2D eigenvalue weighted by Gasteiger charge is 2.30. The number of amides is 1. The first-order valence-electron chi connectivity index (χ1n) is 9.66. The Morgan fingerprint density at radius 1 is 1.03 bits per heavy atom. The van der Waals surface area contributed by atoms with E-state index >= 15 is 0 Å². The second kappa shape index (κ2) is 7.93. The predicted octanol–water partition coefficient (Wildman–Crippen LogP) is 3.74. The molecule has 0 saturated heterocycles. The van der Waals surface area contributed by atoms with E-state index in [-0.39, 0.29) is 10.5 Å². The number of benzene rings is 3. The Morgan fingerprint density at radius 2 is 1.80 bits per heavy atom. The zero-order valence-electron chi connectivity index (χ0n) is 16.4. The summed E-state index contributed by atoms with van der Waals surface area (Å²) in [6.07, 6.45) is 0.00789. The molecule has 6 nitrogen and oxygen atoms in total. The van der Waals surface area contributed by atoms with Crippen LogP contribution in [0, 0.1) is 0 Å². The molecule has 1 amide bonds. The average Bonchev–Trinajstić information content (AvgIpc) is 3.19. The standard InChI is InChI=1S/C23H22N2O4S/c1-16(26)18-7-4-9-20(14-18)24-23(27)19-8-5-10-21(15-19)30(28,29)25-13-12-17-6-2-3-11-22(17)25/h2-11,14-16,26H,12-13H2,1H3,(H,24,27). The molecule has 3 aromatic rings. The van der Waals surface area contributed by atoms with E-state index in [2.05, 4.69) is 5.32 Å². The fourth-order valence-electron chi connectivity index (χ4n) is 3.56. The molecule has 2 N–H and O–H groups in total. The third kappa shape index (κ3) is 3.81. The average molecular weight is 423 g/mol. The van der Waals surface area contributed by atoms with Crippen LogP contribution < -0.4 is 9.62 Å². The monoisotopic (exact) mass is 422 g/mol. The van der Waals surface area contributed by atoms with Crippen molar-refractivity contribution in [1.82, 2.24) is 0 Å². The van der Waals surface area contributed by atoms with Gasteiger partial charge in [-0.05, 0) is 60.9 Å². The Balaban J connectivity index is 1.60. The normalized spacial score (nSPS) is 14.3. The van der Waals surface area contributed by atoms with Crippen LogP contribution in [-0.2, 0) is 16.4 Å². The summed E-state index contributed by atoms with van der Waals surface area (Å²) in [6, 6.07) is 20.4. The van der Waals surface area contributed by atoms with Crippen LogP contribution in [0.2, 0.25) is 0 Å². The van der Waals surface area contributed by atoms with Crippen molar-refractivity contribution in [2.75, 3.05) is 16.2 Å². The van der Waals surface area contributed by atoms with E-state index in [1.54, 1.807) is 49.4 Å². The zero-order valence-corrected chi connectivity index (χ0v) is 17.3. The van der Waals surface area contributed by atoms with E-state index in [0.717, 1.165) is 5.56 Å². The Morgan fingerprint density at radius 3 is 2.60 bits per heavy atom. The maximum Gasteiger partial charge on any atom is 0.264 e. The number of para-hydroxylation sites is 1. The van der Waals surface area contributed by atoms with E-state index in [9.17, 15) is 18.3 Å². The van der Waals surface area contributed by atoms with Crippen molar-refractivity contribution in [1.29, 1.82) is 0 Å². The maximum atomic E-state index is 13.2. The summed E-state index contributed by atoms with van der Waals surface area (Å²) in [6.45, 7) is 2.02.